The number of nitrogens with zero attached hydrogens (tertiary/aromatic N) is 4. The first-order chi connectivity index (χ1) is 8.63. The Labute approximate surface area is 113 Å². The molecule has 1 amide bonds. The molecule has 0 atom stereocenters. The Bertz CT molecular complexity index is 620. The molecule has 7 heteroatoms. The lowest BCUT2D eigenvalue weighted by atomic mass is 10.1. The Morgan fingerprint density at radius 2 is 2.33 bits per heavy atom. The van der Waals surface area contributed by atoms with Crippen molar-refractivity contribution >= 4 is 34.9 Å². The Morgan fingerprint density at radius 3 is 2.94 bits per heavy atom. The molecule has 0 radical (unpaired) electrons. The maximum Gasteiger partial charge on any atom is 0.279 e. The van der Waals surface area contributed by atoms with Gasteiger partial charge in [-0.05, 0) is 18.2 Å². The lowest BCUT2D eigenvalue weighted by Crippen LogP contribution is -2.27. The first-order valence-electron chi connectivity index (χ1n) is 4.88. The van der Waals surface area contributed by atoms with Crippen LogP contribution >= 0.6 is 23.3 Å². The van der Waals surface area contributed by atoms with Gasteiger partial charge in [-0.3, -0.25) is 4.79 Å². The summed E-state index contributed by atoms with van der Waals surface area (Å²) in [4.78, 5) is 13.4. The summed E-state index contributed by atoms with van der Waals surface area (Å²) in [6.45, 7) is 0. The molecule has 1 heterocycles. The van der Waals surface area contributed by atoms with Crippen molar-refractivity contribution in [2.75, 3.05) is 11.9 Å². The minimum Gasteiger partial charge on any atom is -0.309 e. The zero-order chi connectivity index (χ0) is 13.1. The van der Waals surface area contributed by atoms with E-state index >= 15 is 0 Å². The molecule has 0 bridgehead atoms. The van der Waals surface area contributed by atoms with E-state index in [4.69, 9.17) is 16.9 Å². The Morgan fingerprint density at radius 1 is 1.56 bits per heavy atom. The highest BCUT2D eigenvalue weighted by molar-refractivity contribution is 6.99. The number of amides is 1. The van der Waals surface area contributed by atoms with Crippen molar-refractivity contribution in [1.82, 2.24) is 8.75 Å². The van der Waals surface area contributed by atoms with Crippen LogP contribution in [0, 0.1) is 11.3 Å². The smallest absolute Gasteiger partial charge is 0.279 e. The number of rotatable bonds is 2. The quantitative estimate of drug-likeness (QED) is 0.845. The second-order valence-electron chi connectivity index (χ2n) is 3.43. The molecule has 0 saturated heterocycles. The Kier molecular flexibility index (Phi) is 3.55. The van der Waals surface area contributed by atoms with Crippen molar-refractivity contribution < 1.29 is 4.79 Å². The van der Waals surface area contributed by atoms with E-state index in [0.717, 1.165) is 11.7 Å². The van der Waals surface area contributed by atoms with Gasteiger partial charge in [0.15, 0.2) is 5.69 Å². The number of benzene rings is 1. The third-order valence-electron chi connectivity index (χ3n) is 2.33. The molecule has 0 saturated carbocycles. The summed E-state index contributed by atoms with van der Waals surface area (Å²) in [5.41, 5.74) is 1.06. The van der Waals surface area contributed by atoms with Gasteiger partial charge in [0.25, 0.3) is 5.91 Å². The van der Waals surface area contributed by atoms with Gasteiger partial charge in [0.2, 0.25) is 0 Å². The summed E-state index contributed by atoms with van der Waals surface area (Å²) in [7, 11) is 1.56. The first kappa shape index (κ1) is 12.5. The van der Waals surface area contributed by atoms with Gasteiger partial charge in [-0.1, -0.05) is 11.6 Å². The molecule has 1 aromatic carbocycles. The maximum absolute atomic E-state index is 12.1. The van der Waals surface area contributed by atoms with Crippen molar-refractivity contribution in [3.05, 3.63) is 40.7 Å². The molecule has 18 heavy (non-hydrogen) atoms. The van der Waals surface area contributed by atoms with Crippen LogP contribution in [-0.4, -0.2) is 21.7 Å². The third kappa shape index (κ3) is 2.32. The van der Waals surface area contributed by atoms with Gasteiger partial charge in [-0.15, -0.1) is 0 Å². The topological polar surface area (TPSA) is 69.9 Å². The first-order valence-corrected chi connectivity index (χ1v) is 5.99. The lowest BCUT2D eigenvalue weighted by molar-refractivity contribution is 0.0989. The van der Waals surface area contributed by atoms with E-state index in [1.165, 1.54) is 11.1 Å². The molecular formula is C11H7ClN4OS. The van der Waals surface area contributed by atoms with Gasteiger partial charge in [0.1, 0.15) is 6.07 Å². The summed E-state index contributed by atoms with van der Waals surface area (Å²) >= 11 is 6.83. The number of carbonyl (C=O) groups excluding carboxylic acids is 1. The molecular weight excluding hydrogens is 272 g/mol. The van der Waals surface area contributed by atoms with Crippen LogP contribution < -0.4 is 4.90 Å². The molecule has 0 unspecified atom stereocenters. The van der Waals surface area contributed by atoms with Gasteiger partial charge < -0.3 is 4.90 Å². The van der Waals surface area contributed by atoms with Crippen LogP contribution in [0.4, 0.5) is 5.69 Å². The number of aromatic nitrogens is 2. The SMILES string of the molecule is CN(C(=O)c1cnsn1)c1cc(Cl)ccc1C#N. The van der Waals surface area contributed by atoms with E-state index in [2.05, 4.69) is 8.75 Å². The van der Waals surface area contributed by atoms with Crippen LogP contribution in [0.15, 0.2) is 24.4 Å². The van der Waals surface area contributed by atoms with E-state index in [1.807, 2.05) is 6.07 Å². The summed E-state index contributed by atoms with van der Waals surface area (Å²) < 4.78 is 7.64. The molecule has 5 nitrogen and oxygen atoms in total. The largest absolute Gasteiger partial charge is 0.309 e. The van der Waals surface area contributed by atoms with E-state index in [1.54, 1.807) is 25.2 Å². The van der Waals surface area contributed by atoms with Gasteiger partial charge in [0.05, 0.1) is 29.2 Å². The predicted octanol–water partition coefficient (Wildman–Crippen LogP) is 2.34. The molecule has 0 aliphatic heterocycles. The van der Waals surface area contributed by atoms with E-state index in [0.29, 0.717) is 16.3 Å². The van der Waals surface area contributed by atoms with Gasteiger partial charge in [-0.2, -0.15) is 14.0 Å². The fourth-order valence-corrected chi connectivity index (χ4v) is 1.99. The van der Waals surface area contributed by atoms with Crippen LogP contribution in [0.5, 0.6) is 0 Å². The van der Waals surface area contributed by atoms with Crippen LogP contribution in [0.2, 0.25) is 5.02 Å². The molecule has 2 aromatic rings. The van der Waals surface area contributed by atoms with Crippen molar-refractivity contribution in [1.29, 1.82) is 5.26 Å². The molecule has 0 spiro atoms. The number of hydrogen-bond donors (Lipinski definition) is 0. The normalized spacial score (nSPS) is 9.83. The van der Waals surface area contributed by atoms with Gasteiger partial charge in [-0.25, -0.2) is 0 Å². The number of carbonyl (C=O) groups is 1. The fraction of sp³-hybridized carbons (Fsp3) is 0.0909. The van der Waals surface area contributed by atoms with Crippen molar-refractivity contribution in [3.8, 4) is 6.07 Å². The highest BCUT2D eigenvalue weighted by Gasteiger charge is 2.18. The maximum atomic E-state index is 12.1. The minimum absolute atomic E-state index is 0.242. The average molecular weight is 279 g/mol. The minimum atomic E-state index is -0.331. The molecule has 0 aliphatic rings. The lowest BCUT2D eigenvalue weighted by Gasteiger charge is -2.17. The Hall–Kier alpha value is -1.97. The predicted molar refractivity (Wildman–Crippen MR) is 68.8 cm³/mol. The standard InChI is InChI=1S/C11H7ClN4OS/c1-16(11(17)9-6-14-18-15-9)10-4-8(12)3-2-7(10)5-13/h2-4,6H,1H3. The van der Waals surface area contributed by atoms with Gasteiger partial charge in [0, 0.05) is 12.1 Å². The van der Waals surface area contributed by atoms with Crippen molar-refractivity contribution in [2.45, 2.75) is 0 Å². The monoisotopic (exact) mass is 278 g/mol. The highest BCUT2D eigenvalue weighted by Crippen LogP contribution is 2.24. The third-order valence-corrected chi connectivity index (χ3v) is 3.04. The fourth-order valence-electron chi connectivity index (χ4n) is 1.42. The van der Waals surface area contributed by atoms with Crippen LogP contribution in [0.25, 0.3) is 0 Å². The molecule has 90 valence electrons. The van der Waals surface area contributed by atoms with Gasteiger partial charge >= 0.3 is 0 Å². The summed E-state index contributed by atoms with van der Waals surface area (Å²) in [5.74, 6) is -0.331. The number of halogens is 1. The second-order valence-corrected chi connectivity index (χ2v) is 4.42. The van der Waals surface area contributed by atoms with Crippen molar-refractivity contribution in [2.24, 2.45) is 0 Å². The summed E-state index contributed by atoms with van der Waals surface area (Å²) in [6, 6.07) is 6.76. The van der Waals surface area contributed by atoms with Crippen LogP contribution in [0.1, 0.15) is 16.1 Å². The molecule has 0 N–H and O–H groups in total. The van der Waals surface area contributed by atoms with E-state index in [9.17, 15) is 4.79 Å². The molecule has 1 aromatic heterocycles. The van der Waals surface area contributed by atoms with Crippen LogP contribution in [-0.2, 0) is 0 Å². The molecule has 0 aliphatic carbocycles. The summed E-state index contributed by atoms with van der Waals surface area (Å²) in [6.07, 6.45) is 1.39. The number of anilines is 1. The van der Waals surface area contributed by atoms with Crippen molar-refractivity contribution in [3.63, 3.8) is 0 Å². The Balaban J connectivity index is 2.40. The van der Waals surface area contributed by atoms with E-state index in [-0.39, 0.29) is 11.6 Å². The number of nitriles is 1. The second kappa shape index (κ2) is 5.12. The number of hydrogen-bond acceptors (Lipinski definition) is 5. The van der Waals surface area contributed by atoms with Crippen LogP contribution in [0.3, 0.4) is 0 Å². The highest BCUT2D eigenvalue weighted by atomic mass is 35.5. The zero-order valence-corrected chi connectivity index (χ0v) is 10.9. The average Bonchev–Trinajstić information content (AvgIpc) is 2.90. The zero-order valence-electron chi connectivity index (χ0n) is 9.29. The van der Waals surface area contributed by atoms with E-state index < -0.39 is 0 Å². The molecule has 0 fully saturated rings. The summed E-state index contributed by atoms with van der Waals surface area (Å²) in [5, 5.41) is 9.47. The molecule has 2 rings (SSSR count).